The number of carbonyl (C=O) groups excluding carboxylic acids is 1. The van der Waals surface area contributed by atoms with Crippen LogP contribution in [0, 0.1) is 19.8 Å². The van der Waals surface area contributed by atoms with Crippen LogP contribution >= 0.6 is 12.2 Å². The van der Waals surface area contributed by atoms with Crippen LogP contribution in [0.15, 0.2) is 18.2 Å². The molecule has 2 N–H and O–H groups in total. The second kappa shape index (κ2) is 5.27. The first-order valence-electron chi connectivity index (χ1n) is 5.48. The Kier molecular flexibility index (Phi) is 4.23. The molecule has 3 nitrogen and oxygen atoms in total. The van der Waals surface area contributed by atoms with E-state index in [1.165, 1.54) is 5.56 Å². The molecule has 4 heteroatoms. The maximum absolute atomic E-state index is 12.1. The summed E-state index contributed by atoms with van der Waals surface area (Å²) in [6, 6.07) is 5.97. The van der Waals surface area contributed by atoms with Crippen LogP contribution in [-0.4, -0.2) is 17.9 Å². The minimum absolute atomic E-state index is 0.0792. The lowest BCUT2D eigenvalue weighted by Gasteiger charge is -2.22. The zero-order chi connectivity index (χ0) is 13.2. The maximum atomic E-state index is 12.1. The van der Waals surface area contributed by atoms with Crippen LogP contribution in [0.5, 0.6) is 0 Å². The summed E-state index contributed by atoms with van der Waals surface area (Å²) in [5.74, 6) is -0.514. The summed E-state index contributed by atoms with van der Waals surface area (Å²) < 4.78 is 0. The largest absolute Gasteiger partial charge is 0.393 e. The highest BCUT2D eigenvalue weighted by Crippen LogP contribution is 2.21. The van der Waals surface area contributed by atoms with Crippen molar-refractivity contribution in [2.75, 3.05) is 11.9 Å². The molecule has 0 saturated carbocycles. The number of nitrogens with zero attached hydrogens (tertiary/aromatic N) is 1. The molecule has 0 aliphatic rings. The minimum Gasteiger partial charge on any atom is -0.393 e. The van der Waals surface area contributed by atoms with Crippen molar-refractivity contribution in [2.24, 2.45) is 11.7 Å². The number of carbonyl (C=O) groups is 1. The fourth-order valence-corrected chi connectivity index (χ4v) is 1.81. The van der Waals surface area contributed by atoms with Gasteiger partial charge in [-0.25, -0.2) is 0 Å². The minimum atomic E-state index is -0.435. The Morgan fingerprint density at radius 1 is 1.41 bits per heavy atom. The Morgan fingerprint density at radius 3 is 2.47 bits per heavy atom. The number of nitrogens with two attached hydrogens (primary N) is 1. The Balaban J connectivity index is 3.00. The Bertz CT molecular complexity index is 457. The van der Waals surface area contributed by atoms with Gasteiger partial charge in [0.15, 0.2) is 0 Å². The van der Waals surface area contributed by atoms with Crippen LogP contribution < -0.4 is 10.6 Å². The van der Waals surface area contributed by atoms with Crippen molar-refractivity contribution in [3.63, 3.8) is 0 Å². The van der Waals surface area contributed by atoms with Gasteiger partial charge in [0.25, 0.3) is 0 Å². The number of hydrogen-bond acceptors (Lipinski definition) is 2. The van der Waals surface area contributed by atoms with Crippen molar-refractivity contribution < 1.29 is 4.79 Å². The molecule has 1 rings (SSSR count). The lowest BCUT2D eigenvalue weighted by Crippen LogP contribution is -2.37. The van der Waals surface area contributed by atoms with Gasteiger partial charge in [0, 0.05) is 12.7 Å². The van der Waals surface area contributed by atoms with Gasteiger partial charge >= 0.3 is 0 Å². The van der Waals surface area contributed by atoms with Crippen LogP contribution in [0.3, 0.4) is 0 Å². The second-order valence-electron chi connectivity index (χ2n) is 4.31. The first-order chi connectivity index (χ1) is 7.84. The van der Waals surface area contributed by atoms with Gasteiger partial charge in [0.2, 0.25) is 5.91 Å². The van der Waals surface area contributed by atoms with Gasteiger partial charge < -0.3 is 10.6 Å². The van der Waals surface area contributed by atoms with Gasteiger partial charge in [-0.05, 0) is 32.4 Å². The molecule has 1 amide bonds. The molecule has 1 atom stereocenters. The average Bonchev–Trinajstić information content (AvgIpc) is 2.26. The molecule has 0 saturated heterocycles. The summed E-state index contributed by atoms with van der Waals surface area (Å²) in [6.45, 7) is 5.73. The van der Waals surface area contributed by atoms with Crippen molar-refractivity contribution in [3.05, 3.63) is 29.3 Å². The molecule has 1 aromatic rings. The van der Waals surface area contributed by atoms with Crippen molar-refractivity contribution >= 4 is 28.8 Å². The standard InChI is InChI=1S/C13H18N2OS/c1-8-5-6-11(9(2)7-8)15(4)13(16)10(3)12(14)17/h5-7,10H,1-4H3,(H2,14,17). The Morgan fingerprint density at radius 2 is 2.00 bits per heavy atom. The van der Waals surface area contributed by atoms with E-state index in [1.54, 1.807) is 18.9 Å². The molecule has 0 aliphatic heterocycles. The number of hydrogen-bond donors (Lipinski definition) is 1. The fourth-order valence-electron chi connectivity index (χ4n) is 1.71. The van der Waals surface area contributed by atoms with Crippen LogP contribution in [0.2, 0.25) is 0 Å². The van der Waals surface area contributed by atoms with Gasteiger partial charge in [-0.2, -0.15) is 0 Å². The molecule has 92 valence electrons. The van der Waals surface area contributed by atoms with E-state index < -0.39 is 5.92 Å². The van der Waals surface area contributed by atoms with Gasteiger partial charge in [-0.3, -0.25) is 4.79 Å². The monoisotopic (exact) mass is 250 g/mol. The maximum Gasteiger partial charge on any atom is 0.236 e. The van der Waals surface area contributed by atoms with Gasteiger partial charge in [-0.1, -0.05) is 29.9 Å². The molecular formula is C13H18N2OS. The third kappa shape index (κ3) is 3.03. The van der Waals surface area contributed by atoms with Crippen LogP contribution in [-0.2, 0) is 4.79 Å². The van der Waals surface area contributed by atoms with Gasteiger partial charge in [0.05, 0.1) is 10.9 Å². The number of aryl methyl sites for hydroxylation is 2. The van der Waals surface area contributed by atoms with E-state index in [9.17, 15) is 4.79 Å². The number of thiocarbonyl (C=S) groups is 1. The first kappa shape index (κ1) is 13.6. The first-order valence-corrected chi connectivity index (χ1v) is 5.89. The van der Waals surface area contributed by atoms with Crippen LogP contribution in [0.1, 0.15) is 18.1 Å². The van der Waals surface area contributed by atoms with E-state index in [4.69, 9.17) is 18.0 Å². The summed E-state index contributed by atoms with van der Waals surface area (Å²) in [6.07, 6.45) is 0. The molecule has 0 spiro atoms. The lowest BCUT2D eigenvalue weighted by molar-refractivity contribution is -0.119. The summed E-state index contributed by atoms with van der Waals surface area (Å²) in [4.78, 5) is 13.9. The molecule has 17 heavy (non-hydrogen) atoms. The van der Waals surface area contributed by atoms with Crippen molar-refractivity contribution in [3.8, 4) is 0 Å². The van der Waals surface area contributed by atoms with Crippen molar-refractivity contribution in [1.82, 2.24) is 0 Å². The Hall–Kier alpha value is -1.42. The fraction of sp³-hybridized carbons (Fsp3) is 0.385. The average molecular weight is 250 g/mol. The van der Waals surface area contributed by atoms with E-state index in [0.717, 1.165) is 11.3 Å². The Labute approximate surface area is 108 Å². The van der Waals surface area contributed by atoms with Gasteiger partial charge in [0.1, 0.15) is 0 Å². The van der Waals surface area contributed by atoms with Crippen LogP contribution in [0.4, 0.5) is 5.69 Å². The van der Waals surface area contributed by atoms with E-state index in [0.29, 0.717) is 0 Å². The van der Waals surface area contributed by atoms with Crippen molar-refractivity contribution in [1.29, 1.82) is 0 Å². The summed E-state index contributed by atoms with van der Waals surface area (Å²) in [5, 5.41) is 0. The second-order valence-corrected chi connectivity index (χ2v) is 4.78. The topological polar surface area (TPSA) is 46.3 Å². The molecule has 0 bridgehead atoms. The number of benzene rings is 1. The summed E-state index contributed by atoms with van der Waals surface area (Å²) >= 11 is 4.85. The van der Waals surface area contributed by atoms with Gasteiger partial charge in [-0.15, -0.1) is 0 Å². The predicted octanol–water partition coefficient (Wildman–Crippen LogP) is 2.19. The van der Waals surface area contributed by atoms with Crippen LogP contribution in [0.25, 0.3) is 0 Å². The molecule has 1 unspecified atom stereocenters. The molecule has 0 fully saturated rings. The third-order valence-corrected chi connectivity index (χ3v) is 3.19. The van der Waals surface area contributed by atoms with E-state index >= 15 is 0 Å². The number of amides is 1. The third-order valence-electron chi connectivity index (χ3n) is 2.84. The number of rotatable bonds is 3. The summed E-state index contributed by atoms with van der Waals surface area (Å²) in [7, 11) is 1.74. The van der Waals surface area contributed by atoms with E-state index in [-0.39, 0.29) is 10.9 Å². The molecular weight excluding hydrogens is 232 g/mol. The summed E-state index contributed by atoms with van der Waals surface area (Å²) in [5.41, 5.74) is 8.63. The molecule has 0 aromatic heterocycles. The predicted molar refractivity (Wildman–Crippen MR) is 75.3 cm³/mol. The van der Waals surface area contributed by atoms with E-state index in [2.05, 4.69) is 0 Å². The highest BCUT2D eigenvalue weighted by molar-refractivity contribution is 7.80. The molecule has 0 heterocycles. The molecule has 1 aromatic carbocycles. The quantitative estimate of drug-likeness (QED) is 0.836. The zero-order valence-corrected chi connectivity index (χ0v) is 11.5. The highest BCUT2D eigenvalue weighted by Gasteiger charge is 2.21. The normalized spacial score (nSPS) is 12.0. The highest BCUT2D eigenvalue weighted by atomic mass is 32.1. The smallest absolute Gasteiger partial charge is 0.236 e. The molecule has 0 aliphatic carbocycles. The van der Waals surface area contributed by atoms with Crippen molar-refractivity contribution in [2.45, 2.75) is 20.8 Å². The zero-order valence-electron chi connectivity index (χ0n) is 10.7. The van der Waals surface area contributed by atoms with E-state index in [1.807, 2.05) is 32.0 Å². The molecule has 0 radical (unpaired) electrons. The lowest BCUT2D eigenvalue weighted by atomic mass is 10.1. The SMILES string of the molecule is Cc1ccc(N(C)C(=O)C(C)C(N)=S)c(C)c1. The number of anilines is 1.